The number of phenols is 1. The van der Waals surface area contributed by atoms with Crippen molar-refractivity contribution in [2.24, 2.45) is 0 Å². The van der Waals surface area contributed by atoms with Crippen LogP contribution in [0.1, 0.15) is 17.3 Å². The Morgan fingerprint density at radius 1 is 1.50 bits per heavy atom. The van der Waals surface area contributed by atoms with Crippen LogP contribution in [0.15, 0.2) is 18.2 Å². The summed E-state index contributed by atoms with van der Waals surface area (Å²) in [6, 6.07) is 4.78. The summed E-state index contributed by atoms with van der Waals surface area (Å²) in [6.45, 7) is 1.20. The molecule has 0 saturated heterocycles. The number of hydrogen-bond donors (Lipinski definition) is 3. The molecule has 96 valence electrons. The summed E-state index contributed by atoms with van der Waals surface area (Å²) < 4.78 is 25.2. The fourth-order valence-corrected chi connectivity index (χ4v) is 1.86. The minimum atomic E-state index is -3.90. The van der Waals surface area contributed by atoms with Gasteiger partial charge in [-0.2, -0.15) is 5.26 Å². The average molecular weight is 270 g/mol. The SMILES string of the molecule is CC(C#N)S(=O)(=O)Nc1ccc(O)c(C(=O)O)c1. The van der Waals surface area contributed by atoms with E-state index in [2.05, 4.69) is 4.72 Å². The summed E-state index contributed by atoms with van der Waals surface area (Å²) in [7, 11) is -3.90. The standard InChI is InChI=1S/C10H10N2O5S/c1-6(5-11)18(16,17)12-7-2-3-9(13)8(4-7)10(14)15/h2-4,6,12-13H,1H3,(H,14,15). The third-order valence-electron chi connectivity index (χ3n) is 2.13. The number of nitrogens with one attached hydrogen (secondary N) is 1. The number of nitrogens with zero attached hydrogens (tertiary/aromatic N) is 1. The molecular weight excluding hydrogens is 260 g/mol. The molecule has 0 spiro atoms. The molecule has 18 heavy (non-hydrogen) atoms. The number of nitriles is 1. The van der Waals surface area contributed by atoms with Crippen molar-refractivity contribution in [2.45, 2.75) is 12.2 Å². The lowest BCUT2D eigenvalue weighted by molar-refractivity contribution is 0.0694. The predicted molar refractivity (Wildman–Crippen MR) is 62.7 cm³/mol. The molecule has 0 bridgehead atoms. The number of aromatic carboxylic acids is 1. The van der Waals surface area contributed by atoms with E-state index in [-0.39, 0.29) is 5.69 Å². The van der Waals surface area contributed by atoms with Crippen LogP contribution >= 0.6 is 0 Å². The van der Waals surface area contributed by atoms with E-state index in [4.69, 9.17) is 10.4 Å². The first-order valence-electron chi connectivity index (χ1n) is 4.75. The maximum atomic E-state index is 11.6. The van der Waals surface area contributed by atoms with E-state index in [1.165, 1.54) is 13.0 Å². The monoisotopic (exact) mass is 270 g/mol. The lowest BCUT2D eigenvalue weighted by atomic mass is 10.2. The van der Waals surface area contributed by atoms with Gasteiger partial charge in [-0.05, 0) is 25.1 Å². The molecule has 8 heteroatoms. The van der Waals surface area contributed by atoms with Crippen LogP contribution < -0.4 is 4.72 Å². The van der Waals surface area contributed by atoms with Gasteiger partial charge in [-0.1, -0.05) is 0 Å². The zero-order chi connectivity index (χ0) is 13.9. The number of sulfonamides is 1. The summed E-state index contributed by atoms with van der Waals surface area (Å²) in [5.74, 6) is -1.86. The van der Waals surface area contributed by atoms with Gasteiger partial charge < -0.3 is 10.2 Å². The molecule has 0 amide bonds. The van der Waals surface area contributed by atoms with Gasteiger partial charge in [0.25, 0.3) is 0 Å². The second kappa shape index (κ2) is 4.93. The minimum absolute atomic E-state index is 0.0349. The summed E-state index contributed by atoms with van der Waals surface area (Å²) in [5.41, 5.74) is -0.466. The zero-order valence-electron chi connectivity index (χ0n) is 9.28. The Kier molecular flexibility index (Phi) is 3.78. The third-order valence-corrected chi connectivity index (χ3v) is 3.69. The van der Waals surface area contributed by atoms with Crippen molar-refractivity contribution >= 4 is 21.7 Å². The van der Waals surface area contributed by atoms with Gasteiger partial charge in [-0.3, -0.25) is 4.72 Å². The third kappa shape index (κ3) is 2.89. The van der Waals surface area contributed by atoms with Crippen LogP contribution in [0.5, 0.6) is 5.75 Å². The summed E-state index contributed by atoms with van der Waals surface area (Å²) >= 11 is 0. The van der Waals surface area contributed by atoms with E-state index in [9.17, 15) is 18.3 Å². The van der Waals surface area contributed by atoms with Crippen molar-refractivity contribution in [1.29, 1.82) is 5.26 Å². The molecule has 0 radical (unpaired) electrons. The first-order valence-corrected chi connectivity index (χ1v) is 6.30. The molecule has 1 rings (SSSR count). The summed E-state index contributed by atoms with van der Waals surface area (Å²) in [6.07, 6.45) is 0. The Balaban J connectivity index is 3.12. The predicted octanol–water partition coefficient (Wildman–Crippen LogP) is 0.744. The van der Waals surface area contributed by atoms with E-state index in [1.807, 2.05) is 0 Å². The summed E-state index contributed by atoms with van der Waals surface area (Å²) in [5, 5.41) is 25.3. The molecular formula is C10H10N2O5S. The number of hydrogen-bond acceptors (Lipinski definition) is 5. The second-order valence-corrected chi connectivity index (χ2v) is 5.46. The van der Waals surface area contributed by atoms with Crippen molar-refractivity contribution in [2.75, 3.05) is 4.72 Å². The molecule has 1 unspecified atom stereocenters. The van der Waals surface area contributed by atoms with Gasteiger partial charge in [-0.15, -0.1) is 0 Å². The molecule has 7 nitrogen and oxygen atoms in total. The first kappa shape index (κ1) is 13.8. The summed E-state index contributed by atoms with van der Waals surface area (Å²) in [4.78, 5) is 10.7. The van der Waals surface area contributed by atoms with E-state index in [0.717, 1.165) is 12.1 Å². The Morgan fingerprint density at radius 3 is 2.61 bits per heavy atom. The quantitative estimate of drug-likeness (QED) is 0.692. The van der Waals surface area contributed by atoms with Crippen LogP contribution in [-0.2, 0) is 10.0 Å². The van der Waals surface area contributed by atoms with Crippen LogP contribution in [-0.4, -0.2) is 29.9 Å². The Bertz CT molecular complexity index is 618. The van der Waals surface area contributed by atoms with Crippen LogP contribution in [0.4, 0.5) is 5.69 Å². The number of carboxylic acid groups (broad SMARTS) is 1. The van der Waals surface area contributed by atoms with Crippen molar-refractivity contribution in [3.63, 3.8) is 0 Å². The van der Waals surface area contributed by atoms with Gasteiger partial charge in [0.2, 0.25) is 10.0 Å². The number of aromatic hydroxyl groups is 1. The number of carboxylic acids is 1. The zero-order valence-corrected chi connectivity index (χ0v) is 10.1. The number of benzene rings is 1. The molecule has 1 aromatic rings. The smallest absolute Gasteiger partial charge is 0.339 e. The molecule has 3 N–H and O–H groups in total. The number of carbonyl (C=O) groups is 1. The Labute approximate surface area is 103 Å². The fraction of sp³-hybridized carbons (Fsp3) is 0.200. The Morgan fingerprint density at radius 2 is 2.11 bits per heavy atom. The van der Waals surface area contributed by atoms with Gasteiger partial charge in [0.05, 0.1) is 6.07 Å². The normalized spacial score (nSPS) is 12.4. The maximum absolute atomic E-state index is 11.6. The highest BCUT2D eigenvalue weighted by Crippen LogP contribution is 2.22. The lowest BCUT2D eigenvalue weighted by Gasteiger charge is -2.10. The van der Waals surface area contributed by atoms with Gasteiger partial charge in [0.15, 0.2) is 5.25 Å². The largest absolute Gasteiger partial charge is 0.507 e. The minimum Gasteiger partial charge on any atom is -0.507 e. The lowest BCUT2D eigenvalue weighted by Crippen LogP contribution is -2.23. The second-order valence-electron chi connectivity index (χ2n) is 3.46. The van der Waals surface area contributed by atoms with Gasteiger partial charge in [0, 0.05) is 5.69 Å². The highest BCUT2D eigenvalue weighted by molar-refractivity contribution is 7.93. The molecule has 0 aliphatic rings. The molecule has 1 atom stereocenters. The van der Waals surface area contributed by atoms with E-state index >= 15 is 0 Å². The van der Waals surface area contributed by atoms with E-state index in [1.54, 1.807) is 6.07 Å². The van der Waals surface area contributed by atoms with E-state index < -0.39 is 32.6 Å². The maximum Gasteiger partial charge on any atom is 0.339 e. The highest BCUT2D eigenvalue weighted by atomic mass is 32.2. The Hall–Kier alpha value is -2.27. The van der Waals surface area contributed by atoms with Gasteiger partial charge >= 0.3 is 5.97 Å². The average Bonchev–Trinajstić information content (AvgIpc) is 2.29. The fourth-order valence-electron chi connectivity index (χ4n) is 1.09. The molecule has 0 aromatic heterocycles. The van der Waals surface area contributed by atoms with Crippen LogP contribution in [0.3, 0.4) is 0 Å². The van der Waals surface area contributed by atoms with E-state index in [0.29, 0.717) is 0 Å². The van der Waals surface area contributed by atoms with Crippen molar-refractivity contribution in [3.05, 3.63) is 23.8 Å². The first-order chi connectivity index (χ1) is 8.27. The number of rotatable bonds is 4. The highest BCUT2D eigenvalue weighted by Gasteiger charge is 2.21. The van der Waals surface area contributed by atoms with Crippen molar-refractivity contribution in [1.82, 2.24) is 0 Å². The van der Waals surface area contributed by atoms with Gasteiger partial charge in [0.1, 0.15) is 11.3 Å². The molecule has 0 aliphatic carbocycles. The number of anilines is 1. The van der Waals surface area contributed by atoms with Crippen molar-refractivity contribution in [3.8, 4) is 11.8 Å². The van der Waals surface area contributed by atoms with Crippen LogP contribution in [0.2, 0.25) is 0 Å². The topological polar surface area (TPSA) is 127 Å². The van der Waals surface area contributed by atoms with Crippen LogP contribution in [0.25, 0.3) is 0 Å². The van der Waals surface area contributed by atoms with Gasteiger partial charge in [-0.25, -0.2) is 13.2 Å². The molecule has 1 aromatic carbocycles. The molecule has 0 saturated carbocycles. The molecule has 0 fully saturated rings. The van der Waals surface area contributed by atoms with Crippen molar-refractivity contribution < 1.29 is 23.4 Å². The molecule has 0 aliphatic heterocycles. The van der Waals surface area contributed by atoms with Crippen LogP contribution in [0, 0.1) is 11.3 Å². The molecule has 0 heterocycles.